The Kier molecular flexibility index (Phi) is 7.04. The number of nitrogens with zero attached hydrogens (tertiary/aromatic N) is 2. The van der Waals surface area contributed by atoms with Crippen LogP contribution < -0.4 is 0 Å². The molecule has 1 atom stereocenters. The zero-order chi connectivity index (χ0) is 11.0. The third-order valence-electron chi connectivity index (χ3n) is 2.13. The molecule has 1 unspecified atom stereocenters. The normalized spacial score (nSPS) is 12.5. The molecule has 14 heavy (non-hydrogen) atoms. The summed E-state index contributed by atoms with van der Waals surface area (Å²) in [7, 11) is 0. The van der Waals surface area contributed by atoms with E-state index in [0.717, 1.165) is 13.0 Å². The quantitative estimate of drug-likeness (QED) is 0.624. The standard InChI is InChI=1S/C11H20N2O/c1-4-6-11(14)9-13(5-2)8-10(3)7-12/h10H,4-6,8-9H2,1-3H3. The van der Waals surface area contributed by atoms with E-state index in [1.165, 1.54) is 0 Å². The van der Waals surface area contributed by atoms with Crippen LogP contribution in [0.25, 0.3) is 0 Å². The molecule has 0 aromatic rings. The van der Waals surface area contributed by atoms with Gasteiger partial charge in [0.25, 0.3) is 0 Å². The Balaban J connectivity index is 3.91. The highest BCUT2D eigenvalue weighted by molar-refractivity contribution is 5.80. The Labute approximate surface area is 86.7 Å². The summed E-state index contributed by atoms with van der Waals surface area (Å²) >= 11 is 0. The van der Waals surface area contributed by atoms with E-state index < -0.39 is 0 Å². The summed E-state index contributed by atoms with van der Waals surface area (Å²) in [4.78, 5) is 13.4. The van der Waals surface area contributed by atoms with E-state index in [1.54, 1.807) is 0 Å². The lowest BCUT2D eigenvalue weighted by atomic mass is 10.1. The summed E-state index contributed by atoms with van der Waals surface area (Å²) in [5.41, 5.74) is 0. The first kappa shape index (κ1) is 13.1. The molecule has 0 bridgehead atoms. The van der Waals surface area contributed by atoms with E-state index >= 15 is 0 Å². The summed E-state index contributed by atoms with van der Waals surface area (Å²) in [5.74, 6) is 0.281. The molecule has 0 N–H and O–H groups in total. The third-order valence-corrected chi connectivity index (χ3v) is 2.13. The number of ketones is 1. The zero-order valence-corrected chi connectivity index (χ0v) is 9.42. The third kappa shape index (κ3) is 5.71. The molecule has 3 heteroatoms. The largest absolute Gasteiger partial charge is 0.298 e. The zero-order valence-electron chi connectivity index (χ0n) is 9.42. The monoisotopic (exact) mass is 196 g/mol. The van der Waals surface area contributed by atoms with Gasteiger partial charge < -0.3 is 0 Å². The van der Waals surface area contributed by atoms with Gasteiger partial charge in [-0.3, -0.25) is 9.69 Å². The van der Waals surface area contributed by atoms with E-state index in [9.17, 15) is 4.79 Å². The number of nitriles is 1. The number of rotatable bonds is 7. The van der Waals surface area contributed by atoms with Crippen LogP contribution in [0.3, 0.4) is 0 Å². The van der Waals surface area contributed by atoms with E-state index in [-0.39, 0.29) is 11.7 Å². The van der Waals surface area contributed by atoms with Crippen LogP contribution in [-0.4, -0.2) is 30.3 Å². The van der Waals surface area contributed by atoms with Crippen molar-refractivity contribution in [2.45, 2.75) is 33.6 Å². The van der Waals surface area contributed by atoms with Crippen molar-refractivity contribution in [3.05, 3.63) is 0 Å². The van der Waals surface area contributed by atoms with Crippen LogP contribution in [0.1, 0.15) is 33.6 Å². The van der Waals surface area contributed by atoms with Gasteiger partial charge in [0.1, 0.15) is 5.78 Å². The minimum Gasteiger partial charge on any atom is -0.298 e. The Bertz CT molecular complexity index is 208. The van der Waals surface area contributed by atoms with Crippen molar-refractivity contribution in [2.75, 3.05) is 19.6 Å². The Morgan fingerprint density at radius 3 is 2.57 bits per heavy atom. The fourth-order valence-corrected chi connectivity index (χ4v) is 1.34. The predicted molar refractivity (Wildman–Crippen MR) is 56.8 cm³/mol. The SMILES string of the molecule is CCCC(=O)CN(CC)CC(C)C#N. The molecular weight excluding hydrogens is 176 g/mol. The molecule has 0 aliphatic rings. The number of carbonyl (C=O) groups excluding carboxylic acids is 1. The van der Waals surface area contributed by atoms with Crippen LogP contribution in [0.15, 0.2) is 0 Å². The fourth-order valence-electron chi connectivity index (χ4n) is 1.34. The van der Waals surface area contributed by atoms with Crippen molar-refractivity contribution in [2.24, 2.45) is 5.92 Å². The van der Waals surface area contributed by atoms with Gasteiger partial charge in [-0.15, -0.1) is 0 Å². The van der Waals surface area contributed by atoms with Crippen molar-refractivity contribution in [1.82, 2.24) is 4.90 Å². The van der Waals surface area contributed by atoms with Gasteiger partial charge in [0.15, 0.2) is 0 Å². The smallest absolute Gasteiger partial charge is 0.146 e. The lowest BCUT2D eigenvalue weighted by Gasteiger charge is -2.20. The first-order chi connectivity index (χ1) is 6.63. The second-order valence-corrected chi connectivity index (χ2v) is 3.65. The summed E-state index contributed by atoms with van der Waals surface area (Å²) in [6.45, 7) is 7.93. The van der Waals surface area contributed by atoms with Crippen molar-refractivity contribution in [3.63, 3.8) is 0 Å². The van der Waals surface area contributed by atoms with Gasteiger partial charge >= 0.3 is 0 Å². The summed E-state index contributed by atoms with van der Waals surface area (Å²) in [6.07, 6.45) is 1.56. The molecule has 3 nitrogen and oxygen atoms in total. The Hall–Kier alpha value is -0.880. The van der Waals surface area contributed by atoms with Crippen LogP contribution >= 0.6 is 0 Å². The second-order valence-electron chi connectivity index (χ2n) is 3.65. The number of hydrogen-bond donors (Lipinski definition) is 0. The van der Waals surface area contributed by atoms with E-state index in [1.807, 2.05) is 25.7 Å². The van der Waals surface area contributed by atoms with E-state index in [2.05, 4.69) is 6.07 Å². The molecular formula is C11H20N2O. The summed E-state index contributed by atoms with van der Waals surface area (Å²) < 4.78 is 0. The minimum atomic E-state index is 0.00405. The van der Waals surface area contributed by atoms with Crippen LogP contribution in [0.4, 0.5) is 0 Å². The van der Waals surface area contributed by atoms with Crippen molar-refractivity contribution in [1.29, 1.82) is 5.26 Å². The molecule has 0 aliphatic carbocycles. The highest BCUT2D eigenvalue weighted by atomic mass is 16.1. The predicted octanol–water partition coefficient (Wildman–Crippen LogP) is 1.84. The molecule has 0 heterocycles. The van der Waals surface area contributed by atoms with Gasteiger partial charge in [0.05, 0.1) is 18.5 Å². The summed E-state index contributed by atoms with van der Waals surface area (Å²) in [5, 5.41) is 8.66. The molecule has 0 fully saturated rings. The molecule has 0 radical (unpaired) electrons. The highest BCUT2D eigenvalue weighted by Gasteiger charge is 2.11. The van der Waals surface area contributed by atoms with Crippen LogP contribution in [0, 0.1) is 17.2 Å². The average molecular weight is 196 g/mol. The number of Topliss-reactive ketones (excluding diaryl/α,β-unsaturated/α-hetero) is 1. The minimum absolute atomic E-state index is 0.00405. The second kappa shape index (κ2) is 7.52. The lowest BCUT2D eigenvalue weighted by molar-refractivity contribution is -0.120. The van der Waals surface area contributed by atoms with Gasteiger partial charge in [0, 0.05) is 13.0 Å². The molecule has 80 valence electrons. The van der Waals surface area contributed by atoms with Crippen LogP contribution in [0.5, 0.6) is 0 Å². The van der Waals surface area contributed by atoms with Gasteiger partial charge in [0.2, 0.25) is 0 Å². The molecule has 0 aromatic heterocycles. The molecule has 0 saturated heterocycles. The maximum absolute atomic E-state index is 11.4. The topological polar surface area (TPSA) is 44.1 Å². The van der Waals surface area contributed by atoms with E-state index in [4.69, 9.17) is 5.26 Å². The molecule has 0 rings (SSSR count). The average Bonchev–Trinajstić information content (AvgIpc) is 2.16. The van der Waals surface area contributed by atoms with Crippen molar-refractivity contribution < 1.29 is 4.79 Å². The van der Waals surface area contributed by atoms with Gasteiger partial charge in [-0.05, 0) is 19.9 Å². The summed E-state index contributed by atoms with van der Waals surface area (Å²) in [6, 6.07) is 2.18. The maximum Gasteiger partial charge on any atom is 0.146 e. The molecule has 0 amide bonds. The maximum atomic E-state index is 11.4. The van der Waals surface area contributed by atoms with Gasteiger partial charge in [-0.1, -0.05) is 13.8 Å². The number of carbonyl (C=O) groups is 1. The van der Waals surface area contributed by atoms with Crippen molar-refractivity contribution >= 4 is 5.78 Å². The van der Waals surface area contributed by atoms with Gasteiger partial charge in [-0.25, -0.2) is 0 Å². The fraction of sp³-hybridized carbons (Fsp3) is 0.818. The first-order valence-electron chi connectivity index (χ1n) is 5.27. The molecule has 0 aliphatic heterocycles. The van der Waals surface area contributed by atoms with Crippen LogP contribution in [0.2, 0.25) is 0 Å². The highest BCUT2D eigenvalue weighted by Crippen LogP contribution is 2.00. The first-order valence-corrected chi connectivity index (χ1v) is 5.27. The molecule has 0 aromatic carbocycles. The Morgan fingerprint density at radius 2 is 2.14 bits per heavy atom. The Morgan fingerprint density at radius 1 is 1.50 bits per heavy atom. The van der Waals surface area contributed by atoms with Crippen molar-refractivity contribution in [3.8, 4) is 6.07 Å². The molecule has 0 saturated carbocycles. The van der Waals surface area contributed by atoms with Crippen LogP contribution in [-0.2, 0) is 4.79 Å². The van der Waals surface area contributed by atoms with E-state index in [0.29, 0.717) is 19.5 Å². The lowest BCUT2D eigenvalue weighted by Crippen LogP contribution is -2.33. The number of hydrogen-bond acceptors (Lipinski definition) is 3. The van der Waals surface area contributed by atoms with Gasteiger partial charge in [-0.2, -0.15) is 5.26 Å². The molecule has 0 spiro atoms. The number of likely N-dealkylation sites (N-methyl/N-ethyl adjacent to an activating group) is 1.